The quantitative estimate of drug-likeness (QED) is 0.681. The van der Waals surface area contributed by atoms with Crippen LogP contribution in [0.4, 0.5) is 4.39 Å². The summed E-state index contributed by atoms with van der Waals surface area (Å²) in [5.41, 5.74) is 1.98. The summed E-state index contributed by atoms with van der Waals surface area (Å²) in [5, 5.41) is 3.38. The molecule has 0 saturated heterocycles. The fourth-order valence-electron chi connectivity index (χ4n) is 2.48. The molecule has 4 nitrogen and oxygen atoms in total. The van der Waals surface area contributed by atoms with Crippen LogP contribution in [0.1, 0.15) is 17.0 Å². The Kier molecular flexibility index (Phi) is 5.49. The molecule has 0 bridgehead atoms. The van der Waals surface area contributed by atoms with Crippen molar-refractivity contribution in [3.8, 4) is 5.69 Å². The Morgan fingerprint density at radius 1 is 1.27 bits per heavy atom. The average molecular weight is 370 g/mol. The maximum atomic E-state index is 14.3. The van der Waals surface area contributed by atoms with Gasteiger partial charge in [0.05, 0.1) is 5.69 Å². The average Bonchev–Trinajstić information content (AvgIpc) is 3.05. The third-order valence-corrected chi connectivity index (χ3v) is 4.11. The molecule has 0 aliphatic carbocycles. The van der Waals surface area contributed by atoms with Crippen LogP contribution in [0.15, 0.2) is 60.9 Å². The second-order valence-corrected chi connectivity index (χ2v) is 6.17. The van der Waals surface area contributed by atoms with Gasteiger partial charge in [-0.3, -0.25) is 4.79 Å². The predicted molar refractivity (Wildman–Crippen MR) is 101 cm³/mol. The number of hydrogen-bond acceptors (Lipinski definition) is 2. The zero-order valence-electron chi connectivity index (χ0n) is 14.1. The topological polar surface area (TPSA) is 46.9 Å². The molecule has 0 radical (unpaired) electrons. The number of halogens is 2. The van der Waals surface area contributed by atoms with Crippen LogP contribution < -0.4 is 5.32 Å². The first kappa shape index (κ1) is 17.9. The number of benzene rings is 2. The second kappa shape index (κ2) is 7.97. The molecule has 0 atom stereocenters. The lowest BCUT2D eigenvalue weighted by molar-refractivity contribution is -0.116. The molecule has 0 spiro atoms. The summed E-state index contributed by atoms with van der Waals surface area (Å²) < 4.78 is 16.0. The van der Waals surface area contributed by atoms with Crippen molar-refractivity contribution in [2.24, 2.45) is 0 Å². The summed E-state index contributed by atoms with van der Waals surface area (Å²) in [6.45, 7) is 2.05. The van der Waals surface area contributed by atoms with Gasteiger partial charge in [0, 0.05) is 30.0 Å². The molecule has 2 aromatic carbocycles. The highest BCUT2D eigenvalue weighted by Crippen LogP contribution is 2.17. The third kappa shape index (κ3) is 4.37. The number of nitrogens with one attached hydrogen (secondary N) is 1. The zero-order valence-corrected chi connectivity index (χ0v) is 14.9. The number of rotatable bonds is 5. The Hall–Kier alpha value is -2.92. The lowest BCUT2D eigenvalue weighted by Crippen LogP contribution is -2.20. The van der Waals surface area contributed by atoms with Gasteiger partial charge in [-0.05, 0) is 48.4 Å². The van der Waals surface area contributed by atoms with Crippen molar-refractivity contribution in [1.29, 1.82) is 0 Å². The van der Waals surface area contributed by atoms with Gasteiger partial charge in [-0.1, -0.05) is 29.8 Å². The van der Waals surface area contributed by atoms with Gasteiger partial charge < -0.3 is 9.88 Å². The number of carbonyl (C=O) groups excluding carboxylic acids is 1. The largest absolute Gasteiger partial charge is 0.348 e. The smallest absolute Gasteiger partial charge is 0.244 e. The number of imidazole rings is 1. The summed E-state index contributed by atoms with van der Waals surface area (Å²) in [5.74, 6) is 0.0849. The summed E-state index contributed by atoms with van der Waals surface area (Å²) in [6.07, 6.45) is 6.45. The molecule has 3 rings (SSSR count). The van der Waals surface area contributed by atoms with E-state index in [1.165, 1.54) is 12.1 Å². The molecule has 1 N–H and O–H groups in total. The van der Waals surface area contributed by atoms with E-state index in [9.17, 15) is 9.18 Å². The normalized spacial score (nSPS) is 11.0. The number of nitrogens with zero attached hydrogens (tertiary/aromatic N) is 2. The van der Waals surface area contributed by atoms with E-state index in [1.807, 2.05) is 12.1 Å². The summed E-state index contributed by atoms with van der Waals surface area (Å²) in [6, 6.07) is 12.0. The van der Waals surface area contributed by atoms with Crippen molar-refractivity contribution in [1.82, 2.24) is 14.9 Å². The van der Waals surface area contributed by atoms with Gasteiger partial charge in [0.25, 0.3) is 0 Å². The van der Waals surface area contributed by atoms with Crippen LogP contribution in [0.3, 0.4) is 0 Å². The lowest BCUT2D eigenvalue weighted by Gasteiger charge is -2.09. The molecule has 26 heavy (non-hydrogen) atoms. The standard InChI is InChI=1S/C20H17ClFN3O/c1-14-23-10-11-25(14)19-8-4-16(12-18(19)22)13-24-20(26)9-5-15-2-6-17(21)7-3-15/h2-12H,13H2,1H3,(H,24,26). The minimum Gasteiger partial charge on any atom is -0.348 e. The van der Waals surface area contributed by atoms with Crippen molar-refractivity contribution in [3.63, 3.8) is 0 Å². The molecule has 6 heteroatoms. The highest BCUT2D eigenvalue weighted by Gasteiger charge is 2.08. The van der Waals surface area contributed by atoms with Crippen LogP contribution in [-0.4, -0.2) is 15.5 Å². The second-order valence-electron chi connectivity index (χ2n) is 5.73. The zero-order chi connectivity index (χ0) is 18.5. The molecule has 0 fully saturated rings. The number of hydrogen-bond donors (Lipinski definition) is 1. The van der Waals surface area contributed by atoms with Crippen LogP contribution in [-0.2, 0) is 11.3 Å². The Labute approximate surface area is 155 Å². The molecule has 132 valence electrons. The molecule has 1 aromatic heterocycles. The number of aryl methyl sites for hydroxylation is 1. The molecule has 1 amide bonds. The van der Waals surface area contributed by atoms with E-state index in [0.717, 1.165) is 5.56 Å². The van der Waals surface area contributed by atoms with E-state index >= 15 is 0 Å². The number of aromatic nitrogens is 2. The number of amides is 1. The first-order valence-corrected chi connectivity index (χ1v) is 8.41. The Bertz CT molecular complexity index is 948. The van der Waals surface area contributed by atoms with E-state index in [2.05, 4.69) is 10.3 Å². The first-order valence-electron chi connectivity index (χ1n) is 8.03. The Balaban J connectivity index is 1.61. The van der Waals surface area contributed by atoms with Gasteiger partial charge in [-0.25, -0.2) is 9.37 Å². The van der Waals surface area contributed by atoms with Crippen molar-refractivity contribution in [3.05, 3.63) is 88.7 Å². The van der Waals surface area contributed by atoms with Crippen LogP contribution in [0.25, 0.3) is 11.8 Å². The molecular formula is C20H17ClFN3O. The predicted octanol–water partition coefficient (Wildman–Crippen LogP) is 4.30. The summed E-state index contributed by atoms with van der Waals surface area (Å²) in [4.78, 5) is 16.0. The summed E-state index contributed by atoms with van der Waals surface area (Å²) >= 11 is 5.82. The van der Waals surface area contributed by atoms with Gasteiger partial charge in [0.2, 0.25) is 5.91 Å². The highest BCUT2D eigenvalue weighted by atomic mass is 35.5. The maximum Gasteiger partial charge on any atom is 0.244 e. The minimum absolute atomic E-state index is 0.240. The van der Waals surface area contributed by atoms with E-state index in [0.29, 0.717) is 22.1 Å². The molecule has 3 aromatic rings. The highest BCUT2D eigenvalue weighted by molar-refractivity contribution is 6.30. The van der Waals surface area contributed by atoms with Crippen molar-refractivity contribution < 1.29 is 9.18 Å². The molecule has 0 aliphatic rings. The first-order chi connectivity index (χ1) is 12.5. The molecular weight excluding hydrogens is 353 g/mol. The molecule has 0 aliphatic heterocycles. The van der Waals surface area contributed by atoms with Gasteiger partial charge >= 0.3 is 0 Å². The number of carbonyl (C=O) groups is 1. The van der Waals surface area contributed by atoms with Gasteiger partial charge in [0.15, 0.2) is 0 Å². The van der Waals surface area contributed by atoms with Crippen LogP contribution in [0, 0.1) is 12.7 Å². The van der Waals surface area contributed by atoms with Crippen LogP contribution in [0.2, 0.25) is 5.02 Å². The molecule has 0 saturated carbocycles. The lowest BCUT2D eigenvalue weighted by atomic mass is 10.2. The minimum atomic E-state index is -0.366. The van der Waals surface area contributed by atoms with Crippen molar-refractivity contribution >= 4 is 23.6 Å². The maximum absolute atomic E-state index is 14.3. The van der Waals surface area contributed by atoms with Crippen LogP contribution >= 0.6 is 11.6 Å². The van der Waals surface area contributed by atoms with E-state index < -0.39 is 0 Å². The SMILES string of the molecule is Cc1nccn1-c1ccc(CNC(=O)C=Cc2ccc(Cl)cc2)cc1F. The monoisotopic (exact) mass is 369 g/mol. The van der Waals surface area contributed by atoms with E-state index in [-0.39, 0.29) is 18.3 Å². The van der Waals surface area contributed by atoms with Crippen molar-refractivity contribution in [2.75, 3.05) is 0 Å². The van der Waals surface area contributed by atoms with E-state index in [4.69, 9.17) is 11.6 Å². The van der Waals surface area contributed by atoms with Crippen molar-refractivity contribution in [2.45, 2.75) is 13.5 Å². The molecule has 1 heterocycles. The van der Waals surface area contributed by atoms with E-state index in [1.54, 1.807) is 54.2 Å². The van der Waals surface area contributed by atoms with Crippen LogP contribution in [0.5, 0.6) is 0 Å². The Morgan fingerprint density at radius 3 is 2.69 bits per heavy atom. The van der Waals surface area contributed by atoms with Gasteiger partial charge in [-0.15, -0.1) is 0 Å². The fraction of sp³-hybridized carbons (Fsp3) is 0.100. The van der Waals surface area contributed by atoms with Gasteiger partial charge in [-0.2, -0.15) is 0 Å². The Morgan fingerprint density at radius 2 is 2.04 bits per heavy atom. The molecule has 0 unspecified atom stereocenters. The van der Waals surface area contributed by atoms with Gasteiger partial charge in [0.1, 0.15) is 11.6 Å². The fourth-order valence-corrected chi connectivity index (χ4v) is 2.61. The third-order valence-electron chi connectivity index (χ3n) is 3.86. The summed E-state index contributed by atoms with van der Waals surface area (Å²) in [7, 11) is 0.